The van der Waals surface area contributed by atoms with Crippen molar-refractivity contribution >= 4 is 16.7 Å². The van der Waals surface area contributed by atoms with Crippen molar-refractivity contribution in [1.29, 1.82) is 0 Å². The van der Waals surface area contributed by atoms with Gasteiger partial charge in [-0.25, -0.2) is 0 Å². The maximum atomic E-state index is 12.4. The van der Waals surface area contributed by atoms with E-state index in [0.29, 0.717) is 12.5 Å². The predicted molar refractivity (Wildman–Crippen MR) is 95.3 cm³/mol. The van der Waals surface area contributed by atoms with Crippen molar-refractivity contribution in [2.24, 2.45) is 11.7 Å². The third-order valence-corrected chi connectivity index (χ3v) is 4.87. The molecule has 3 rings (SSSR count). The molecular formula is C20H26N2O. The number of carbonyl (C=O) groups is 1. The molecule has 0 heterocycles. The molecule has 1 aliphatic carbocycles. The zero-order valence-corrected chi connectivity index (χ0v) is 13.8. The molecule has 1 amide bonds. The lowest BCUT2D eigenvalue weighted by Gasteiger charge is -2.16. The Morgan fingerprint density at radius 3 is 2.78 bits per heavy atom. The lowest BCUT2D eigenvalue weighted by Crippen LogP contribution is -2.41. The Hall–Kier alpha value is -1.87. The van der Waals surface area contributed by atoms with Gasteiger partial charge >= 0.3 is 0 Å². The molecule has 3 nitrogen and oxygen atoms in total. The molecule has 0 saturated heterocycles. The van der Waals surface area contributed by atoms with Gasteiger partial charge in [-0.1, -0.05) is 62.2 Å². The largest absolute Gasteiger partial charge is 0.352 e. The molecular weight excluding hydrogens is 284 g/mol. The molecule has 2 aromatic rings. The number of hydrogen-bond acceptors (Lipinski definition) is 2. The van der Waals surface area contributed by atoms with Gasteiger partial charge in [0.2, 0.25) is 5.91 Å². The number of fused-ring (bicyclic) bond motifs is 1. The van der Waals surface area contributed by atoms with E-state index in [9.17, 15) is 4.79 Å². The Balaban J connectivity index is 1.62. The van der Waals surface area contributed by atoms with Crippen molar-refractivity contribution < 1.29 is 4.79 Å². The fourth-order valence-corrected chi connectivity index (χ4v) is 3.30. The topological polar surface area (TPSA) is 55.1 Å². The standard InChI is InChI=1S/C20H26N2O/c1-2-3-8-17(13-21)22-20(23)19-12-18(19)16-10-9-14-6-4-5-7-15(14)11-16/h4-7,9-11,17-19H,2-3,8,12-13,21H2,1H3,(H,22,23). The third kappa shape index (κ3) is 3.73. The van der Waals surface area contributed by atoms with Gasteiger partial charge in [-0.3, -0.25) is 4.79 Å². The molecule has 1 saturated carbocycles. The number of benzene rings is 2. The van der Waals surface area contributed by atoms with E-state index in [-0.39, 0.29) is 17.9 Å². The highest BCUT2D eigenvalue weighted by molar-refractivity contribution is 5.86. The van der Waals surface area contributed by atoms with E-state index in [1.165, 1.54) is 16.3 Å². The lowest BCUT2D eigenvalue weighted by molar-refractivity contribution is -0.123. The van der Waals surface area contributed by atoms with Gasteiger partial charge in [-0.15, -0.1) is 0 Å². The zero-order valence-electron chi connectivity index (χ0n) is 13.8. The van der Waals surface area contributed by atoms with Crippen LogP contribution in [0, 0.1) is 5.92 Å². The summed E-state index contributed by atoms with van der Waals surface area (Å²) in [5.41, 5.74) is 7.06. The minimum Gasteiger partial charge on any atom is -0.352 e. The van der Waals surface area contributed by atoms with Gasteiger partial charge in [0.05, 0.1) is 0 Å². The number of carbonyl (C=O) groups excluding carboxylic acids is 1. The zero-order chi connectivity index (χ0) is 16.2. The average molecular weight is 310 g/mol. The summed E-state index contributed by atoms with van der Waals surface area (Å²) in [6, 6.07) is 15.0. The quantitative estimate of drug-likeness (QED) is 0.821. The Kier molecular flexibility index (Phi) is 4.97. The first-order valence-electron chi connectivity index (χ1n) is 8.72. The van der Waals surface area contributed by atoms with E-state index in [4.69, 9.17) is 5.73 Å². The van der Waals surface area contributed by atoms with E-state index in [1.54, 1.807) is 0 Å². The summed E-state index contributed by atoms with van der Waals surface area (Å²) in [6.07, 6.45) is 4.18. The second-order valence-electron chi connectivity index (χ2n) is 6.64. The number of hydrogen-bond donors (Lipinski definition) is 2. The van der Waals surface area contributed by atoms with Gasteiger partial charge in [0, 0.05) is 18.5 Å². The van der Waals surface area contributed by atoms with Crippen LogP contribution in [0.25, 0.3) is 10.8 Å². The minimum absolute atomic E-state index is 0.117. The van der Waals surface area contributed by atoms with E-state index in [0.717, 1.165) is 25.7 Å². The van der Waals surface area contributed by atoms with Crippen LogP contribution in [0.4, 0.5) is 0 Å². The highest BCUT2D eigenvalue weighted by Crippen LogP contribution is 2.48. The molecule has 0 aromatic heterocycles. The summed E-state index contributed by atoms with van der Waals surface area (Å²) < 4.78 is 0. The van der Waals surface area contributed by atoms with Gasteiger partial charge in [0.15, 0.2) is 0 Å². The number of rotatable bonds is 7. The SMILES string of the molecule is CCCCC(CN)NC(=O)C1CC1c1ccc2ccccc2c1. The highest BCUT2D eigenvalue weighted by Gasteiger charge is 2.44. The lowest BCUT2D eigenvalue weighted by atomic mass is 10.0. The fraction of sp³-hybridized carbons (Fsp3) is 0.450. The van der Waals surface area contributed by atoms with Gasteiger partial charge in [-0.05, 0) is 35.1 Å². The van der Waals surface area contributed by atoms with E-state index in [1.807, 2.05) is 0 Å². The summed E-state index contributed by atoms with van der Waals surface area (Å²) in [5, 5.41) is 5.64. The summed E-state index contributed by atoms with van der Waals surface area (Å²) >= 11 is 0. The van der Waals surface area contributed by atoms with Crippen LogP contribution in [0.1, 0.15) is 44.1 Å². The molecule has 122 valence electrons. The molecule has 3 heteroatoms. The average Bonchev–Trinajstić information content (AvgIpc) is 3.39. The highest BCUT2D eigenvalue weighted by atomic mass is 16.2. The first-order chi connectivity index (χ1) is 11.2. The molecule has 3 N–H and O–H groups in total. The van der Waals surface area contributed by atoms with Crippen LogP contribution >= 0.6 is 0 Å². The number of nitrogens with two attached hydrogens (primary N) is 1. The molecule has 3 atom stereocenters. The molecule has 3 unspecified atom stereocenters. The van der Waals surface area contributed by atoms with Crippen LogP contribution in [-0.4, -0.2) is 18.5 Å². The Bertz CT molecular complexity index is 682. The molecule has 2 aromatic carbocycles. The Morgan fingerprint density at radius 2 is 2.04 bits per heavy atom. The van der Waals surface area contributed by atoms with E-state index < -0.39 is 0 Å². The van der Waals surface area contributed by atoms with Crippen molar-refractivity contribution in [2.75, 3.05) is 6.54 Å². The molecule has 1 fully saturated rings. The summed E-state index contributed by atoms with van der Waals surface area (Å²) in [7, 11) is 0. The van der Waals surface area contributed by atoms with Crippen LogP contribution in [0.2, 0.25) is 0 Å². The third-order valence-electron chi connectivity index (χ3n) is 4.87. The second-order valence-corrected chi connectivity index (χ2v) is 6.64. The number of nitrogens with one attached hydrogen (secondary N) is 1. The van der Waals surface area contributed by atoms with Gasteiger partial charge < -0.3 is 11.1 Å². The molecule has 0 aliphatic heterocycles. The maximum Gasteiger partial charge on any atom is 0.224 e. The van der Waals surface area contributed by atoms with Gasteiger partial charge in [0.1, 0.15) is 0 Å². The first-order valence-corrected chi connectivity index (χ1v) is 8.72. The van der Waals surface area contributed by atoms with Crippen LogP contribution in [0.15, 0.2) is 42.5 Å². The van der Waals surface area contributed by atoms with Crippen molar-refractivity contribution in [1.82, 2.24) is 5.32 Å². The summed E-state index contributed by atoms with van der Waals surface area (Å²) in [6.45, 7) is 2.69. The predicted octanol–water partition coefficient (Wildman–Crippen LogP) is 3.58. The fourth-order valence-electron chi connectivity index (χ4n) is 3.30. The van der Waals surface area contributed by atoms with Crippen LogP contribution in [0.3, 0.4) is 0 Å². The van der Waals surface area contributed by atoms with Crippen molar-refractivity contribution in [3.05, 3.63) is 48.0 Å². The monoisotopic (exact) mass is 310 g/mol. The Labute approximate surface area is 138 Å². The van der Waals surface area contributed by atoms with Gasteiger partial charge in [0.25, 0.3) is 0 Å². The van der Waals surface area contributed by atoms with Crippen molar-refractivity contribution in [3.8, 4) is 0 Å². The number of amides is 1. The molecule has 1 aliphatic rings. The van der Waals surface area contributed by atoms with Crippen LogP contribution in [0.5, 0.6) is 0 Å². The normalized spacial score (nSPS) is 21.1. The minimum atomic E-state index is 0.117. The van der Waals surface area contributed by atoms with Crippen molar-refractivity contribution in [3.63, 3.8) is 0 Å². The van der Waals surface area contributed by atoms with E-state index in [2.05, 4.69) is 54.7 Å². The first kappa shape index (κ1) is 16.0. The maximum absolute atomic E-state index is 12.4. The van der Waals surface area contributed by atoms with E-state index >= 15 is 0 Å². The van der Waals surface area contributed by atoms with Crippen LogP contribution in [-0.2, 0) is 4.79 Å². The Morgan fingerprint density at radius 1 is 1.26 bits per heavy atom. The van der Waals surface area contributed by atoms with Crippen LogP contribution < -0.4 is 11.1 Å². The molecule has 0 radical (unpaired) electrons. The van der Waals surface area contributed by atoms with Gasteiger partial charge in [-0.2, -0.15) is 0 Å². The second kappa shape index (κ2) is 7.14. The molecule has 23 heavy (non-hydrogen) atoms. The van der Waals surface area contributed by atoms with Crippen molar-refractivity contribution in [2.45, 2.75) is 44.6 Å². The number of unbranched alkanes of at least 4 members (excludes halogenated alkanes) is 1. The smallest absolute Gasteiger partial charge is 0.224 e. The summed E-state index contributed by atoms with van der Waals surface area (Å²) in [5.74, 6) is 0.658. The molecule has 0 spiro atoms. The summed E-state index contributed by atoms with van der Waals surface area (Å²) in [4.78, 5) is 12.4. The molecule has 0 bridgehead atoms.